The molecule has 1 N–H and O–H groups in total. The number of carbonyl (C=O) groups is 1. The highest BCUT2D eigenvalue weighted by atomic mass is 32.1. The lowest BCUT2D eigenvalue weighted by Gasteiger charge is -2.08. The van der Waals surface area contributed by atoms with Gasteiger partial charge >= 0.3 is 0 Å². The van der Waals surface area contributed by atoms with E-state index in [0.29, 0.717) is 12.1 Å². The van der Waals surface area contributed by atoms with Crippen molar-refractivity contribution >= 4 is 27.5 Å². The number of aromatic nitrogens is 3. The van der Waals surface area contributed by atoms with Crippen LogP contribution in [-0.2, 0) is 6.54 Å². The van der Waals surface area contributed by atoms with E-state index >= 15 is 0 Å². The van der Waals surface area contributed by atoms with Crippen LogP contribution in [-0.4, -0.2) is 27.8 Å². The smallest absolute Gasteiger partial charge is 0.254 e. The molecule has 2 aromatic carbocycles. The second-order valence-electron chi connectivity index (χ2n) is 5.63. The van der Waals surface area contributed by atoms with Crippen LogP contribution >= 0.6 is 11.3 Å². The average molecular weight is 364 g/mol. The van der Waals surface area contributed by atoms with E-state index in [1.807, 2.05) is 48.5 Å². The second kappa shape index (κ2) is 6.97. The van der Waals surface area contributed by atoms with Crippen molar-refractivity contribution in [1.29, 1.82) is 0 Å². The third kappa shape index (κ3) is 3.16. The predicted octanol–water partition coefficient (Wildman–Crippen LogP) is 3.42. The number of hydrogen-bond donors (Lipinski definition) is 1. The van der Waals surface area contributed by atoms with Crippen LogP contribution in [0.2, 0.25) is 0 Å². The van der Waals surface area contributed by atoms with E-state index in [1.165, 1.54) is 11.3 Å². The van der Waals surface area contributed by atoms with Crippen molar-refractivity contribution in [2.24, 2.45) is 0 Å². The minimum absolute atomic E-state index is 0.191. The van der Waals surface area contributed by atoms with Gasteiger partial charge in [0.25, 0.3) is 5.91 Å². The molecule has 6 nitrogen and oxygen atoms in total. The molecule has 0 fully saturated rings. The molecule has 0 aliphatic carbocycles. The minimum atomic E-state index is -0.191. The van der Waals surface area contributed by atoms with Crippen molar-refractivity contribution < 1.29 is 9.53 Å². The molecule has 0 saturated heterocycles. The molecule has 2 aromatic heterocycles. The number of nitrogens with one attached hydrogen (secondary N) is 1. The molecule has 0 atom stereocenters. The summed E-state index contributed by atoms with van der Waals surface area (Å²) in [5, 5.41) is 7.89. The van der Waals surface area contributed by atoms with Gasteiger partial charge in [-0.25, -0.2) is 9.67 Å². The number of ether oxygens (including phenoxy) is 1. The molecule has 0 saturated carbocycles. The molecule has 0 bridgehead atoms. The van der Waals surface area contributed by atoms with Crippen LogP contribution in [0, 0.1) is 0 Å². The fourth-order valence-corrected chi connectivity index (χ4v) is 3.53. The number of methoxy groups -OCH3 is 1. The lowest BCUT2D eigenvalue weighted by Crippen LogP contribution is -2.22. The largest absolute Gasteiger partial charge is 0.496 e. The molecular weight excluding hydrogens is 348 g/mol. The van der Waals surface area contributed by atoms with E-state index in [4.69, 9.17) is 4.74 Å². The average Bonchev–Trinajstić information content (AvgIpc) is 3.33. The van der Waals surface area contributed by atoms with E-state index < -0.39 is 0 Å². The van der Waals surface area contributed by atoms with E-state index in [0.717, 1.165) is 26.7 Å². The second-order valence-corrected chi connectivity index (χ2v) is 6.64. The van der Waals surface area contributed by atoms with Crippen molar-refractivity contribution in [1.82, 2.24) is 20.1 Å². The Morgan fingerprint density at radius 1 is 1.19 bits per heavy atom. The van der Waals surface area contributed by atoms with E-state index in [-0.39, 0.29) is 5.91 Å². The Balaban J connectivity index is 1.49. The summed E-state index contributed by atoms with van der Waals surface area (Å²) in [6, 6.07) is 15.5. The number of benzene rings is 2. The summed E-state index contributed by atoms with van der Waals surface area (Å²) >= 11 is 1.53. The summed E-state index contributed by atoms with van der Waals surface area (Å²) in [7, 11) is 1.61. The highest BCUT2D eigenvalue weighted by Crippen LogP contribution is 2.24. The van der Waals surface area contributed by atoms with Crippen molar-refractivity contribution in [2.45, 2.75) is 6.54 Å². The maximum absolute atomic E-state index is 12.4. The Hall–Kier alpha value is -3.19. The topological polar surface area (TPSA) is 69.0 Å². The lowest BCUT2D eigenvalue weighted by atomic mass is 10.2. The van der Waals surface area contributed by atoms with Gasteiger partial charge in [-0.3, -0.25) is 4.79 Å². The molecule has 0 unspecified atom stereocenters. The highest BCUT2D eigenvalue weighted by molar-refractivity contribution is 7.20. The molecule has 0 spiro atoms. The van der Waals surface area contributed by atoms with Crippen molar-refractivity contribution in [3.63, 3.8) is 0 Å². The maximum atomic E-state index is 12.4. The Morgan fingerprint density at radius 2 is 2.00 bits per heavy atom. The quantitative estimate of drug-likeness (QED) is 0.589. The summed E-state index contributed by atoms with van der Waals surface area (Å²) in [4.78, 5) is 17.0. The van der Waals surface area contributed by atoms with Crippen LogP contribution in [0.15, 0.2) is 60.9 Å². The van der Waals surface area contributed by atoms with Crippen LogP contribution in [0.25, 0.3) is 15.3 Å². The highest BCUT2D eigenvalue weighted by Gasteiger charge is 2.12. The van der Waals surface area contributed by atoms with Gasteiger partial charge in [0.2, 0.25) is 5.13 Å². The molecule has 26 heavy (non-hydrogen) atoms. The Kier molecular flexibility index (Phi) is 4.37. The van der Waals surface area contributed by atoms with Gasteiger partial charge in [-0.1, -0.05) is 41.7 Å². The Morgan fingerprint density at radius 3 is 2.85 bits per heavy atom. The summed E-state index contributed by atoms with van der Waals surface area (Å²) in [6.07, 6.45) is 3.24. The fraction of sp³-hybridized carbons (Fsp3) is 0.105. The number of hydrogen-bond acceptors (Lipinski definition) is 5. The van der Waals surface area contributed by atoms with Crippen molar-refractivity contribution in [3.05, 3.63) is 72.1 Å². The number of amides is 1. The predicted molar refractivity (Wildman–Crippen MR) is 101 cm³/mol. The van der Waals surface area contributed by atoms with Crippen LogP contribution in [0.5, 0.6) is 5.75 Å². The van der Waals surface area contributed by atoms with Crippen molar-refractivity contribution in [2.75, 3.05) is 7.11 Å². The summed E-state index contributed by atoms with van der Waals surface area (Å²) in [6.45, 7) is 0.384. The zero-order valence-corrected chi connectivity index (χ0v) is 14.9. The maximum Gasteiger partial charge on any atom is 0.254 e. The minimum Gasteiger partial charge on any atom is -0.496 e. The third-order valence-electron chi connectivity index (χ3n) is 3.96. The first-order valence-electron chi connectivity index (χ1n) is 8.05. The number of rotatable bonds is 5. The van der Waals surface area contributed by atoms with E-state index in [9.17, 15) is 4.79 Å². The number of carbonyl (C=O) groups excluding carboxylic acids is 1. The Bertz CT molecular complexity index is 1040. The van der Waals surface area contributed by atoms with Crippen LogP contribution in [0.1, 0.15) is 15.9 Å². The molecule has 0 aliphatic heterocycles. The zero-order chi connectivity index (χ0) is 17.9. The molecule has 4 rings (SSSR count). The normalized spacial score (nSPS) is 10.8. The zero-order valence-electron chi connectivity index (χ0n) is 14.0. The molecule has 0 radical (unpaired) electrons. The molecule has 4 aromatic rings. The van der Waals surface area contributed by atoms with Gasteiger partial charge in [0.1, 0.15) is 5.75 Å². The monoisotopic (exact) mass is 364 g/mol. The first-order chi connectivity index (χ1) is 12.7. The van der Waals surface area contributed by atoms with Gasteiger partial charge in [0.15, 0.2) is 0 Å². The van der Waals surface area contributed by atoms with Gasteiger partial charge in [-0.05, 0) is 18.2 Å². The fourth-order valence-electron chi connectivity index (χ4n) is 2.63. The summed E-state index contributed by atoms with van der Waals surface area (Å²) in [5.74, 6) is 0.557. The number of fused-ring (bicyclic) bond motifs is 1. The van der Waals surface area contributed by atoms with Crippen molar-refractivity contribution in [3.8, 4) is 10.9 Å². The van der Waals surface area contributed by atoms with E-state index in [1.54, 1.807) is 24.2 Å². The molecule has 1 amide bonds. The molecule has 7 heteroatoms. The van der Waals surface area contributed by atoms with E-state index in [2.05, 4.69) is 15.4 Å². The number of para-hydroxylation sites is 2. The molecule has 2 heterocycles. The Labute approximate surface area is 154 Å². The molecule has 0 aliphatic rings. The van der Waals surface area contributed by atoms with Gasteiger partial charge < -0.3 is 10.1 Å². The number of nitrogens with zero attached hydrogens (tertiary/aromatic N) is 3. The van der Waals surface area contributed by atoms with Gasteiger partial charge in [0.05, 0.1) is 29.1 Å². The molecule has 130 valence electrons. The number of thiazole rings is 1. The summed E-state index contributed by atoms with van der Waals surface area (Å²) < 4.78 is 8.01. The summed E-state index contributed by atoms with van der Waals surface area (Å²) in [5.41, 5.74) is 2.33. The van der Waals surface area contributed by atoms with Crippen LogP contribution < -0.4 is 10.1 Å². The van der Waals surface area contributed by atoms with Gasteiger partial charge in [0, 0.05) is 18.3 Å². The first kappa shape index (κ1) is 16.3. The first-order valence-corrected chi connectivity index (χ1v) is 8.87. The van der Waals surface area contributed by atoms with Gasteiger partial charge in [-0.15, -0.1) is 0 Å². The van der Waals surface area contributed by atoms with Crippen LogP contribution in [0.4, 0.5) is 0 Å². The van der Waals surface area contributed by atoms with Crippen LogP contribution in [0.3, 0.4) is 0 Å². The van der Waals surface area contributed by atoms with Gasteiger partial charge in [-0.2, -0.15) is 5.10 Å². The lowest BCUT2D eigenvalue weighted by molar-refractivity contribution is 0.0950. The standard InChI is InChI=1S/C19H16N4O2S/c1-25-16-8-4-2-6-13(16)10-20-18(24)14-11-21-23(12-14)19-22-15-7-3-5-9-17(15)26-19/h2-9,11-12H,10H2,1H3,(H,20,24). The SMILES string of the molecule is COc1ccccc1CNC(=O)c1cnn(-c2nc3ccccc3s2)c1. The third-order valence-corrected chi connectivity index (χ3v) is 4.98. The molecular formula is C19H16N4O2S.